The number of hydrogen-bond donors (Lipinski definition) is 0. The maximum Gasteiger partial charge on any atom is 0.240 e. The lowest BCUT2D eigenvalue weighted by Crippen LogP contribution is -2.23. The lowest BCUT2D eigenvalue weighted by molar-refractivity contribution is 0.209. The van der Waals surface area contributed by atoms with Crippen molar-refractivity contribution in [2.24, 2.45) is 0 Å². The molecule has 0 saturated carbocycles. The maximum atomic E-state index is 5.58. The molecule has 0 amide bonds. The van der Waals surface area contributed by atoms with E-state index in [1.807, 2.05) is 12.1 Å². The van der Waals surface area contributed by atoms with Crippen molar-refractivity contribution in [3.8, 4) is 11.5 Å². The van der Waals surface area contributed by atoms with Crippen molar-refractivity contribution in [3.05, 3.63) is 35.5 Å². The average molecular weight is 331 g/mol. The predicted molar refractivity (Wildman–Crippen MR) is 90.3 cm³/mol. The molecule has 1 aliphatic rings. The van der Waals surface area contributed by atoms with E-state index in [0.29, 0.717) is 18.5 Å². The van der Waals surface area contributed by atoms with Crippen LogP contribution in [0.3, 0.4) is 0 Å². The van der Waals surface area contributed by atoms with Gasteiger partial charge in [-0.25, -0.2) is 0 Å². The Morgan fingerprint density at radius 2 is 2.12 bits per heavy atom. The molecular formula is C18H25N3O3. The van der Waals surface area contributed by atoms with Crippen molar-refractivity contribution in [2.75, 3.05) is 20.8 Å². The third kappa shape index (κ3) is 3.38. The Morgan fingerprint density at radius 3 is 2.79 bits per heavy atom. The van der Waals surface area contributed by atoms with E-state index in [4.69, 9.17) is 14.0 Å². The molecule has 1 saturated heterocycles. The van der Waals surface area contributed by atoms with Gasteiger partial charge in [-0.1, -0.05) is 25.1 Å². The predicted octanol–water partition coefficient (Wildman–Crippen LogP) is 3.55. The number of ether oxygens (including phenoxy) is 2. The Balaban J connectivity index is 1.80. The average Bonchev–Trinajstić information content (AvgIpc) is 3.24. The smallest absolute Gasteiger partial charge is 0.240 e. The second-order valence-corrected chi connectivity index (χ2v) is 6.44. The van der Waals surface area contributed by atoms with Crippen LogP contribution in [-0.2, 0) is 6.54 Å². The third-order valence-corrected chi connectivity index (χ3v) is 4.50. The Hall–Kier alpha value is -2.08. The van der Waals surface area contributed by atoms with Gasteiger partial charge in [-0.2, -0.15) is 4.98 Å². The van der Waals surface area contributed by atoms with Crippen LogP contribution in [0.25, 0.3) is 0 Å². The largest absolute Gasteiger partial charge is 0.497 e. The van der Waals surface area contributed by atoms with Crippen LogP contribution < -0.4 is 9.47 Å². The Kier molecular flexibility index (Phi) is 5.04. The molecule has 24 heavy (non-hydrogen) atoms. The highest BCUT2D eigenvalue weighted by molar-refractivity contribution is 5.42. The first kappa shape index (κ1) is 16.8. The van der Waals surface area contributed by atoms with Crippen molar-refractivity contribution < 1.29 is 14.0 Å². The number of benzene rings is 1. The summed E-state index contributed by atoms with van der Waals surface area (Å²) in [4.78, 5) is 6.88. The van der Waals surface area contributed by atoms with Gasteiger partial charge in [-0.15, -0.1) is 0 Å². The molecule has 0 bridgehead atoms. The van der Waals surface area contributed by atoms with Gasteiger partial charge in [-0.05, 0) is 25.5 Å². The van der Waals surface area contributed by atoms with Gasteiger partial charge in [0.05, 0.1) is 20.8 Å². The summed E-state index contributed by atoms with van der Waals surface area (Å²) < 4.78 is 16.3. The number of likely N-dealkylation sites (tertiary alicyclic amines) is 1. The molecule has 1 aliphatic heterocycles. The van der Waals surface area contributed by atoms with Crippen LogP contribution in [0.2, 0.25) is 0 Å². The fraction of sp³-hybridized carbons (Fsp3) is 0.556. The van der Waals surface area contributed by atoms with Gasteiger partial charge < -0.3 is 14.0 Å². The minimum Gasteiger partial charge on any atom is -0.497 e. The summed E-state index contributed by atoms with van der Waals surface area (Å²) in [6, 6.07) is 6.31. The summed E-state index contributed by atoms with van der Waals surface area (Å²) in [7, 11) is 3.36. The van der Waals surface area contributed by atoms with E-state index in [1.165, 1.54) is 5.56 Å². The van der Waals surface area contributed by atoms with E-state index in [1.54, 1.807) is 14.2 Å². The molecule has 2 heterocycles. The highest BCUT2D eigenvalue weighted by atomic mass is 16.5. The first-order valence-corrected chi connectivity index (χ1v) is 8.40. The second kappa shape index (κ2) is 7.21. The molecule has 1 aromatic heterocycles. The summed E-state index contributed by atoms with van der Waals surface area (Å²) in [5.74, 6) is 3.39. The van der Waals surface area contributed by atoms with Crippen molar-refractivity contribution in [3.63, 3.8) is 0 Å². The van der Waals surface area contributed by atoms with Crippen LogP contribution in [0, 0.1) is 0 Å². The number of rotatable bonds is 6. The molecule has 0 unspecified atom stereocenters. The van der Waals surface area contributed by atoms with Crippen molar-refractivity contribution in [1.82, 2.24) is 15.0 Å². The van der Waals surface area contributed by atoms with E-state index in [9.17, 15) is 0 Å². The molecule has 6 heteroatoms. The van der Waals surface area contributed by atoms with Crippen LogP contribution in [0.4, 0.5) is 0 Å². The van der Waals surface area contributed by atoms with Crippen LogP contribution in [-0.4, -0.2) is 35.8 Å². The molecule has 1 fully saturated rings. The van der Waals surface area contributed by atoms with E-state index >= 15 is 0 Å². The number of aromatic nitrogens is 2. The highest BCUT2D eigenvalue weighted by Crippen LogP contribution is 2.39. The van der Waals surface area contributed by atoms with Crippen molar-refractivity contribution >= 4 is 0 Å². The Bertz CT molecular complexity index is 684. The Labute approximate surface area is 142 Å². The quantitative estimate of drug-likeness (QED) is 0.807. The molecule has 0 N–H and O–H groups in total. The molecule has 3 rings (SSSR count). The molecule has 0 radical (unpaired) electrons. The molecule has 0 spiro atoms. The molecule has 1 atom stereocenters. The molecule has 0 aliphatic carbocycles. The fourth-order valence-electron chi connectivity index (χ4n) is 3.20. The zero-order valence-electron chi connectivity index (χ0n) is 14.8. The molecule has 2 aromatic rings. The van der Waals surface area contributed by atoms with E-state index in [-0.39, 0.29) is 5.92 Å². The standard InChI is InChI=1S/C18H25N3O3/c1-12(2)18-19-17(24-20-18)11-21-9-5-6-15(21)14-8-7-13(22-3)10-16(14)23-4/h7-8,10,12,15H,5-6,9,11H2,1-4H3/t15-/m1/s1. The van der Waals surface area contributed by atoms with Gasteiger partial charge in [0.15, 0.2) is 5.82 Å². The van der Waals surface area contributed by atoms with Crippen molar-refractivity contribution in [1.29, 1.82) is 0 Å². The van der Waals surface area contributed by atoms with Crippen LogP contribution in [0.1, 0.15) is 55.9 Å². The van der Waals surface area contributed by atoms with Gasteiger partial charge in [0, 0.05) is 23.6 Å². The molecule has 1 aromatic carbocycles. The fourth-order valence-corrected chi connectivity index (χ4v) is 3.20. The minimum atomic E-state index is 0.276. The molecular weight excluding hydrogens is 306 g/mol. The SMILES string of the molecule is COc1ccc([C@H]2CCCN2Cc2nc(C(C)C)no2)c(OC)c1. The summed E-state index contributed by atoms with van der Waals surface area (Å²) in [6.07, 6.45) is 2.24. The van der Waals surface area contributed by atoms with E-state index in [2.05, 4.69) is 35.0 Å². The lowest BCUT2D eigenvalue weighted by Gasteiger charge is -2.25. The topological polar surface area (TPSA) is 60.6 Å². The normalized spacial score (nSPS) is 18.3. The first-order chi connectivity index (χ1) is 11.6. The van der Waals surface area contributed by atoms with Crippen LogP contribution in [0.5, 0.6) is 11.5 Å². The van der Waals surface area contributed by atoms with Gasteiger partial charge in [-0.3, -0.25) is 4.90 Å². The highest BCUT2D eigenvalue weighted by Gasteiger charge is 2.30. The summed E-state index contributed by atoms with van der Waals surface area (Å²) in [6.45, 7) is 5.81. The minimum absolute atomic E-state index is 0.276. The maximum absolute atomic E-state index is 5.58. The van der Waals surface area contributed by atoms with Gasteiger partial charge in [0.2, 0.25) is 5.89 Å². The number of nitrogens with zero attached hydrogens (tertiary/aromatic N) is 3. The molecule has 130 valence electrons. The second-order valence-electron chi connectivity index (χ2n) is 6.44. The zero-order valence-corrected chi connectivity index (χ0v) is 14.8. The van der Waals surface area contributed by atoms with Crippen LogP contribution in [0.15, 0.2) is 22.7 Å². The van der Waals surface area contributed by atoms with Gasteiger partial charge >= 0.3 is 0 Å². The number of methoxy groups -OCH3 is 2. The van der Waals surface area contributed by atoms with E-state index < -0.39 is 0 Å². The monoisotopic (exact) mass is 331 g/mol. The zero-order chi connectivity index (χ0) is 17.1. The van der Waals surface area contributed by atoms with Gasteiger partial charge in [0.25, 0.3) is 0 Å². The van der Waals surface area contributed by atoms with E-state index in [0.717, 1.165) is 36.7 Å². The van der Waals surface area contributed by atoms with Crippen molar-refractivity contribution in [2.45, 2.75) is 45.2 Å². The summed E-state index contributed by atoms with van der Waals surface area (Å²) in [5, 5.41) is 4.06. The third-order valence-electron chi connectivity index (χ3n) is 4.50. The Morgan fingerprint density at radius 1 is 1.29 bits per heavy atom. The van der Waals surface area contributed by atoms with Crippen LogP contribution >= 0.6 is 0 Å². The number of hydrogen-bond acceptors (Lipinski definition) is 6. The van der Waals surface area contributed by atoms with Gasteiger partial charge in [0.1, 0.15) is 11.5 Å². The summed E-state index contributed by atoms with van der Waals surface area (Å²) in [5.41, 5.74) is 1.18. The molecule has 6 nitrogen and oxygen atoms in total. The lowest BCUT2D eigenvalue weighted by atomic mass is 10.0. The summed E-state index contributed by atoms with van der Waals surface area (Å²) >= 11 is 0. The first-order valence-electron chi connectivity index (χ1n) is 8.40.